The summed E-state index contributed by atoms with van der Waals surface area (Å²) in [7, 11) is 0. The first kappa shape index (κ1) is 13.7. The molecule has 94 valence electrons. The molecule has 3 nitrogen and oxygen atoms in total. The third kappa shape index (κ3) is 3.05. The van der Waals surface area contributed by atoms with Gasteiger partial charge in [0.1, 0.15) is 0 Å². The number of carbonyl (C=O) groups is 2. The Morgan fingerprint density at radius 2 is 2.00 bits per heavy atom. The Balaban J connectivity index is 3.25. The van der Waals surface area contributed by atoms with Crippen molar-refractivity contribution in [3.63, 3.8) is 0 Å². The number of carbonyl (C=O) groups excluding carboxylic acids is 2. The average Bonchev–Trinajstić information content (AvgIpc) is 2.24. The fourth-order valence-corrected chi connectivity index (χ4v) is 2.40. The van der Waals surface area contributed by atoms with Crippen LogP contribution in [0.2, 0.25) is 0 Å². The summed E-state index contributed by atoms with van der Waals surface area (Å²) in [5.41, 5.74) is 8.66. The van der Waals surface area contributed by atoms with Gasteiger partial charge in [0, 0.05) is 12.0 Å². The van der Waals surface area contributed by atoms with Gasteiger partial charge in [-0.2, -0.15) is 0 Å². The molecule has 0 unspecified atom stereocenters. The lowest BCUT2D eigenvalue weighted by atomic mass is 9.84. The van der Waals surface area contributed by atoms with E-state index in [1.165, 1.54) is 0 Å². The highest BCUT2D eigenvalue weighted by atomic mass is 16.1. The molecule has 1 aliphatic rings. The van der Waals surface area contributed by atoms with E-state index in [-0.39, 0.29) is 5.78 Å². The Bertz CT molecular complexity index is 402. The number of allylic oxidation sites excluding steroid dienone is 2. The Morgan fingerprint density at radius 3 is 2.53 bits per heavy atom. The highest BCUT2D eigenvalue weighted by Gasteiger charge is 2.23. The maximum atomic E-state index is 11.7. The van der Waals surface area contributed by atoms with Crippen molar-refractivity contribution in [3.8, 4) is 0 Å². The van der Waals surface area contributed by atoms with E-state index in [0.29, 0.717) is 12.0 Å². The number of hydrogen-bond donors (Lipinski definition) is 1. The number of rotatable bonds is 4. The van der Waals surface area contributed by atoms with Crippen molar-refractivity contribution in [2.24, 2.45) is 5.73 Å². The molecular formula is C14H21NO2. The molecule has 0 atom stereocenters. The Kier molecular flexibility index (Phi) is 4.67. The van der Waals surface area contributed by atoms with Crippen molar-refractivity contribution in [1.29, 1.82) is 0 Å². The molecule has 0 saturated carbocycles. The summed E-state index contributed by atoms with van der Waals surface area (Å²) in [6.07, 6.45) is 4.03. The van der Waals surface area contributed by atoms with Crippen molar-refractivity contribution >= 4 is 11.7 Å². The first-order valence-electron chi connectivity index (χ1n) is 6.21. The Hall–Kier alpha value is -1.38. The molecule has 1 aliphatic carbocycles. The molecule has 2 N–H and O–H groups in total. The number of hydrogen-bond acceptors (Lipinski definition) is 2. The van der Waals surface area contributed by atoms with Gasteiger partial charge in [0.15, 0.2) is 5.78 Å². The zero-order valence-electron chi connectivity index (χ0n) is 10.9. The van der Waals surface area contributed by atoms with E-state index in [0.717, 1.165) is 42.4 Å². The second kappa shape index (κ2) is 5.80. The molecule has 0 radical (unpaired) electrons. The highest BCUT2D eigenvalue weighted by molar-refractivity contribution is 6.03. The standard InChI is InChI=1S/C14H21NO2/c1-4-6-9(2)13(14(15)17)11-7-5-8-12(16)10(11)3/h4-8H2,1-3H3,(H2,15,17)/b13-9+. The lowest BCUT2D eigenvalue weighted by Gasteiger charge is -2.19. The van der Waals surface area contributed by atoms with Crippen LogP contribution in [0.15, 0.2) is 22.3 Å². The molecule has 0 aliphatic heterocycles. The summed E-state index contributed by atoms with van der Waals surface area (Å²) >= 11 is 0. The molecule has 0 fully saturated rings. The predicted octanol–water partition coefficient (Wildman–Crippen LogP) is 2.66. The van der Waals surface area contributed by atoms with Crippen molar-refractivity contribution in [2.75, 3.05) is 0 Å². The summed E-state index contributed by atoms with van der Waals surface area (Å²) in [6, 6.07) is 0. The van der Waals surface area contributed by atoms with Crippen LogP contribution in [-0.2, 0) is 9.59 Å². The van der Waals surface area contributed by atoms with Gasteiger partial charge >= 0.3 is 0 Å². The van der Waals surface area contributed by atoms with Crippen molar-refractivity contribution in [2.45, 2.75) is 52.9 Å². The van der Waals surface area contributed by atoms with E-state index in [9.17, 15) is 9.59 Å². The maximum Gasteiger partial charge on any atom is 0.248 e. The van der Waals surface area contributed by atoms with E-state index in [1.807, 2.05) is 6.92 Å². The summed E-state index contributed by atoms with van der Waals surface area (Å²) < 4.78 is 0. The SMILES string of the molecule is CCC/C(C)=C(/C(N)=O)C1=C(C)C(=O)CCC1. The number of Topliss-reactive ketones (excluding diaryl/α,β-unsaturated/α-hetero) is 1. The normalized spacial score (nSPS) is 18.2. The molecule has 0 bridgehead atoms. The van der Waals surface area contributed by atoms with E-state index < -0.39 is 5.91 Å². The molecule has 3 heteroatoms. The predicted molar refractivity (Wildman–Crippen MR) is 68.4 cm³/mol. The molecule has 0 spiro atoms. The van der Waals surface area contributed by atoms with Crippen LogP contribution in [0.4, 0.5) is 0 Å². The fraction of sp³-hybridized carbons (Fsp3) is 0.571. The van der Waals surface area contributed by atoms with Crippen LogP contribution in [0.1, 0.15) is 52.9 Å². The lowest BCUT2D eigenvalue weighted by Crippen LogP contribution is -2.21. The second-order valence-corrected chi connectivity index (χ2v) is 4.65. The van der Waals surface area contributed by atoms with E-state index >= 15 is 0 Å². The largest absolute Gasteiger partial charge is 0.366 e. The zero-order valence-corrected chi connectivity index (χ0v) is 10.9. The lowest BCUT2D eigenvalue weighted by molar-refractivity contribution is -0.116. The molecule has 0 heterocycles. The van der Waals surface area contributed by atoms with Crippen LogP contribution in [0.3, 0.4) is 0 Å². The minimum Gasteiger partial charge on any atom is -0.366 e. The molecule has 0 saturated heterocycles. The van der Waals surface area contributed by atoms with Crippen LogP contribution in [0.5, 0.6) is 0 Å². The summed E-state index contributed by atoms with van der Waals surface area (Å²) in [6.45, 7) is 5.80. The third-order valence-electron chi connectivity index (χ3n) is 3.30. The van der Waals surface area contributed by atoms with Gasteiger partial charge in [-0.25, -0.2) is 0 Å². The number of amides is 1. The van der Waals surface area contributed by atoms with Crippen LogP contribution in [0.25, 0.3) is 0 Å². The Morgan fingerprint density at radius 1 is 1.35 bits per heavy atom. The topological polar surface area (TPSA) is 60.2 Å². The summed E-state index contributed by atoms with van der Waals surface area (Å²) in [5.74, 6) is -0.255. The van der Waals surface area contributed by atoms with Crippen molar-refractivity contribution in [3.05, 3.63) is 22.3 Å². The van der Waals surface area contributed by atoms with Gasteiger partial charge in [0.25, 0.3) is 0 Å². The first-order valence-corrected chi connectivity index (χ1v) is 6.21. The summed E-state index contributed by atoms with van der Waals surface area (Å²) in [4.78, 5) is 23.3. The van der Waals surface area contributed by atoms with Crippen molar-refractivity contribution < 1.29 is 9.59 Å². The molecule has 1 rings (SSSR count). The quantitative estimate of drug-likeness (QED) is 0.761. The molecule has 0 aromatic heterocycles. The van der Waals surface area contributed by atoms with Gasteiger partial charge in [-0.3, -0.25) is 9.59 Å². The zero-order chi connectivity index (χ0) is 13.0. The minimum atomic E-state index is -0.403. The first-order chi connectivity index (χ1) is 7.99. The van der Waals surface area contributed by atoms with Crippen LogP contribution >= 0.6 is 0 Å². The Labute approximate surface area is 103 Å². The van der Waals surface area contributed by atoms with Crippen LogP contribution in [-0.4, -0.2) is 11.7 Å². The van der Waals surface area contributed by atoms with Crippen molar-refractivity contribution in [1.82, 2.24) is 0 Å². The minimum absolute atomic E-state index is 0.147. The second-order valence-electron chi connectivity index (χ2n) is 4.65. The van der Waals surface area contributed by atoms with Crippen LogP contribution < -0.4 is 5.73 Å². The molecule has 0 aromatic rings. The maximum absolute atomic E-state index is 11.7. The molecule has 17 heavy (non-hydrogen) atoms. The van der Waals surface area contributed by atoms with Gasteiger partial charge in [0.05, 0.1) is 0 Å². The fourth-order valence-electron chi connectivity index (χ4n) is 2.40. The van der Waals surface area contributed by atoms with Gasteiger partial charge < -0.3 is 5.73 Å². The average molecular weight is 235 g/mol. The molecule has 0 aromatic carbocycles. The van der Waals surface area contributed by atoms with Gasteiger partial charge in [-0.1, -0.05) is 18.9 Å². The third-order valence-corrected chi connectivity index (χ3v) is 3.30. The number of primary amides is 1. The monoisotopic (exact) mass is 235 g/mol. The summed E-state index contributed by atoms with van der Waals surface area (Å²) in [5, 5.41) is 0. The molecular weight excluding hydrogens is 214 g/mol. The number of nitrogens with two attached hydrogens (primary N) is 1. The smallest absolute Gasteiger partial charge is 0.248 e. The van der Waals surface area contributed by atoms with Gasteiger partial charge in [0.2, 0.25) is 5.91 Å². The highest BCUT2D eigenvalue weighted by Crippen LogP contribution is 2.30. The van der Waals surface area contributed by atoms with Gasteiger partial charge in [-0.15, -0.1) is 0 Å². The van der Waals surface area contributed by atoms with E-state index in [4.69, 9.17) is 5.73 Å². The van der Waals surface area contributed by atoms with E-state index in [1.54, 1.807) is 6.92 Å². The van der Waals surface area contributed by atoms with Gasteiger partial charge in [-0.05, 0) is 44.3 Å². The van der Waals surface area contributed by atoms with Crippen LogP contribution in [0, 0.1) is 0 Å². The molecule has 1 amide bonds. The van der Waals surface area contributed by atoms with E-state index in [2.05, 4.69) is 6.92 Å². The number of ketones is 1.